The summed E-state index contributed by atoms with van der Waals surface area (Å²) in [5.74, 6) is -1.12. The lowest BCUT2D eigenvalue weighted by Crippen LogP contribution is -2.33. The van der Waals surface area contributed by atoms with E-state index in [0.29, 0.717) is 0 Å². The van der Waals surface area contributed by atoms with Gasteiger partial charge in [-0.25, -0.2) is 8.78 Å². The van der Waals surface area contributed by atoms with Crippen LogP contribution in [-0.2, 0) is 4.79 Å². The number of aliphatic hydroxyl groups is 2. The zero-order valence-electron chi connectivity index (χ0n) is 8.18. The number of benzene rings is 1. The van der Waals surface area contributed by atoms with E-state index in [1.165, 1.54) is 18.2 Å². The van der Waals surface area contributed by atoms with E-state index in [1.54, 1.807) is 0 Å². The Morgan fingerprint density at radius 2 is 1.81 bits per heavy atom. The Balaban J connectivity index is 2.95. The first kappa shape index (κ1) is 12.5. The van der Waals surface area contributed by atoms with E-state index in [4.69, 9.17) is 10.8 Å². The van der Waals surface area contributed by atoms with Crippen molar-refractivity contribution >= 4 is 5.91 Å². The Labute approximate surface area is 90.3 Å². The highest BCUT2D eigenvalue weighted by molar-refractivity contribution is 5.79. The highest BCUT2D eigenvalue weighted by atomic mass is 19.3. The van der Waals surface area contributed by atoms with Gasteiger partial charge in [0, 0.05) is 5.56 Å². The van der Waals surface area contributed by atoms with E-state index >= 15 is 0 Å². The molecule has 0 aliphatic rings. The summed E-state index contributed by atoms with van der Waals surface area (Å²) in [6.45, 7) is 0. The Hall–Kier alpha value is -1.53. The van der Waals surface area contributed by atoms with Gasteiger partial charge in [0.2, 0.25) is 5.91 Å². The third-order valence-corrected chi connectivity index (χ3v) is 2.09. The number of amides is 1. The van der Waals surface area contributed by atoms with Crippen molar-refractivity contribution in [1.29, 1.82) is 0 Å². The van der Waals surface area contributed by atoms with E-state index in [1.807, 2.05) is 0 Å². The maximum absolute atomic E-state index is 12.3. The Bertz CT molecular complexity index is 384. The summed E-state index contributed by atoms with van der Waals surface area (Å²) in [4.78, 5) is 10.6. The molecule has 2 unspecified atom stereocenters. The van der Waals surface area contributed by atoms with Crippen molar-refractivity contribution in [2.24, 2.45) is 5.73 Å². The summed E-state index contributed by atoms with van der Waals surface area (Å²) in [5, 5.41) is 18.6. The van der Waals surface area contributed by atoms with Gasteiger partial charge in [-0.2, -0.15) is 0 Å². The zero-order valence-corrected chi connectivity index (χ0v) is 8.18. The highest BCUT2D eigenvalue weighted by Crippen LogP contribution is 2.23. The molecule has 0 aromatic heterocycles. The SMILES string of the molecule is NC(=O)C(O)C(O)c1cccc(C(F)F)c1. The number of hydrogen-bond donors (Lipinski definition) is 3. The number of carbonyl (C=O) groups excluding carboxylic acids is 1. The van der Waals surface area contributed by atoms with Gasteiger partial charge in [-0.05, 0) is 11.6 Å². The van der Waals surface area contributed by atoms with Crippen LogP contribution in [0.3, 0.4) is 0 Å². The van der Waals surface area contributed by atoms with Gasteiger partial charge >= 0.3 is 0 Å². The minimum absolute atomic E-state index is 0.0177. The Morgan fingerprint density at radius 3 is 2.31 bits per heavy atom. The quantitative estimate of drug-likeness (QED) is 0.705. The average molecular weight is 231 g/mol. The minimum atomic E-state index is -2.68. The number of aliphatic hydroxyl groups excluding tert-OH is 2. The van der Waals surface area contributed by atoms with Gasteiger partial charge in [-0.3, -0.25) is 4.79 Å². The van der Waals surface area contributed by atoms with Gasteiger partial charge in [-0.15, -0.1) is 0 Å². The average Bonchev–Trinajstić information content (AvgIpc) is 2.27. The fraction of sp³-hybridized carbons (Fsp3) is 0.300. The fourth-order valence-electron chi connectivity index (χ4n) is 1.22. The first-order chi connectivity index (χ1) is 7.43. The fourth-order valence-corrected chi connectivity index (χ4v) is 1.22. The lowest BCUT2D eigenvalue weighted by atomic mass is 10.0. The molecule has 6 heteroatoms. The monoisotopic (exact) mass is 231 g/mol. The first-order valence-electron chi connectivity index (χ1n) is 4.47. The minimum Gasteiger partial charge on any atom is -0.385 e. The molecular formula is C10H11F2NO3. The summed E-state index contributed by atoms with van der Waals surface area (Å²) < 4.78 is 24.7. The first-order valence-corrected chi connectivity index (χ1v) is 4.47. The molecule has 88 valence electrons. The molecule has 1 aromatic rings. The lowest BCUT2D eigenvalue weighted by Gasteiger charge is -2.15. The van der Waals surface area contributed by atoms with Crippen LogP contribution in [0, 0.1) is 0 Å². The zero-order chi connectivity index (χ0) is 12.3. The predicted octanol–water partition coefficient (Wildman–Crippen LogP) is 0.504. The van der Waals surface area contributed by atoms with Crippen LogP contribution < -0.4 is 5.73 Å². The van der Waals surface area contributed by atoms with Crippen LogP contribution in [0.25, 0.3) is 0 Å². The standard InChI is InChI=1S/C10H11F2NO3/c11-9(12)6-3-1-2-5(4-6)7(14)8(15)10(13)16/h1-4,7-9,14-15H,(H2,13,16). The molecule has 4 nitrogen and oxygen atoms in total. The maximum atomic E-state index is 12.3. The topological polar surface area (TPSA) is 83.6 Å². The number of nitrogens with two attached hydrogens (primary N) is 1. The molecule has 1 aromatic carbocycles. The number of rotatable bonds is 4. The molecule has 1 rings (SSSR count). The molecule has 1 amide bonds. The molecule has 16 heavy (non-hydrogen) atoms. The summed E-state index contributed by atoms with van der Waals surface area (Å²) in [5.41, 5.74) is 4.49. The third-order valence-electron chi connectivity index (χ3n) is 2.09. The number of halogens is 2. The van der Waals surface area contributed by atoms with Crippen molar-refractivity contribution in [3.8, 4) is 0 Å². The number of carbonyl (C=O) groups is 1. The van der Waals surface area contributed by atoms with Gasteiger partial charge in [0.25, 0.3) is 6.43 Å². The van der Waals surface area contributed by atoms with Gasteiger partial charge in [0.1, 0.15) is 6.10 Å². The molecule has 0 spiro atoms. The van der Waals surface area contributed by atoms with E-state index in [0.717, 1.165) is 6.07 Å². The summed E-state index contributed by atoms with van der Waals surface area (Å²) >= 11 is 0. The molecule has 0 aliphatic carbocycles. The molecule has 0 bridgehead atoms. The molecule has 2 atom stereocenters. The number of primary amides is 1. The van der Waals surface area contributed by atoms with Gasteiger partial charge in [-0.1, -0.05) is 18.2 Å². The van der Waals surface area contributed by atoms with Crippen molar-refractivity contribution in [3.05, 3.63) is 35.4 Å². The maximum Gasteiger partial charge on any atom is 0.263 e. The third kappa shape index (κ3) is 2.74. The second-order valence-corrected chi connectivity index (χ2v) is 3.26. The van der Waals surface area contributed by atoms with Crippen LogP contribution in [0.5, 0.6) is 0 Å². The van der Waals surface area contributed by atoms with Crippen LogP contribution >= 0.6 is 0 Å². The predicted molar refractivity (Wildman–Crippen MR) is 51.6 cm³/mol. The van der Waals surface area contributed by atoms with Crippen molar-refractivity contribution in [2.45, 2.75) is 18.6 Å². The molecule has 0 heterocycles. The molecule has 0 fully saturated rings. The highest BCUT2D eigenvalue weighted by Gasteiger charge is 2.24. The molecule has 0 aliphatic heterocycles. The Morgan fingerprint density at radius 1 is 1.25 bits per heavy atom. The van der Waals surface area contributed by atoms with Crippen LogP contribution in [0.15, 0.2) is 24.3 Å². The normalized spacial score (nSPS) is 14.8. The van der Waals surface area contributed by atoms with E-state index in [9.17, 15) is 18.7 Å². The van der Waals surface area contributed by atoms with Crippen LogP contribution in [0.4, 0.5) is 8.78 Å². The Kier molecular flexibility index (Phi) is 3.92. The number of alkyl halides is 2. The van der Waals surface area contributed by atoms with Crippen molar-refractivity contribution in [1.82, 2.24) is 0 Å². The summed E-state index contributed by atoms with van der Waals surface area (Å²) in [6, 6.07) is 4.81. The molecule has 0 saturated heterocycles. The van der Waals surface area contributed by atoms with Gasteiger partial charge < -0.3 is 15.9 Å². The lowest BCUT2D eigenvalue weighted by molar-refractivity contribution is -0.131. The number of hydrogen-bond acceptors (Lipinski definition) is 3. The second-order valence-electron chi connectivity index (χ2n) is 3.26. The smallest absolute Gasteiger partial charge is 0.263 e. The van der Waals surface area contributed by atoms with E-state index in [-0.39, 0.29) is 11.1 Å². The van der Waals surface area contributed by atoms with E-state index < -0.39 is 24.5 Å². The van der Waals surface area contributed by atoms with Crippen LogP contribution in [-0.4, -0.2) is 22.2 Å². The molecular weight excluding hydrogens is 220 g/mol. The van der Waals surface area contributed by atoms with Crippen molar-refractivity contribution in [2.75, 3.05) is 0 Å². The summed E-state index contributed by atoms with van der Waals surface area (Å²) in [7, 11) is 0. The molecule has 4 N–H and O–H groups in total. The van der Waals surface area contributed by atoms with Crippen LogP contribution in [0.2, 0.25) is 0 Å². The van der Waals surface area contributed by atoms with Gasteiger partial charge in [0.05, 0.1) is 0 Å². The van der Waals surface area contributed by atoms with Crippen LogP contribution in [0.1, 0.15) is 23.7 Å². The largest absolute Gasteiger partial charge is 0.385 e. The van der Waals surface area contributed by atoms with Crippen molar-refractivity contribution < 1.29 is 23.8 Å². The van der Waals surface area contributed by atoms with E-state index in [2.05, 4.69) is 0 Å². The van der Waals surface area contributed by atoms with Crippen molar-refractivity contribution in [3.63, 3.8) is 0 Å². The summed E-state index contributed by atoms with van der Waals surface area (Å²) in [6.07, 6.45) is -6.10. The molecule has 0 radical (unpaired) electrons. The second kappa shape index (κ2) is 5.00. The van der Waals surface area contributed by atoms with Gasteiger partial charge in [0.15, 0.2) is 6.10 Å². The molecule has 0 saturated carbocycles.